The van der Waals surface area contributed by atoms with E-state index in [0.717, 1.165) is 6.42 Å². The van der Waals surface area contributed by atoms with Gasteiger partial charge in [0.15, 0.2) is 5.78 Å². The molecular formula is C19H25FO3. The molecule has 0 aromatic heterocycles. The molecule has 4 aliphatic rings. The average molecular weight is 320 g/mol. The summed E-state index contributed by atoms with van der Waals surface area (Å²) in [6, 6.07) is 0. The van der Waals surface area contributed by atoms with Crippen molar-refractivity contribution in [1.82, 2.24) is 0 Å². The van der Waals surface area contributed by atoms with Crippen LogP contribution in [-0.2, 0) is 9.59 Å². The van der Waals surface area contributed by atoms with Crippen LogP contribution < -0.4 is 0 Å². The van der Waals surface area contributed by atoms with Crippen molar-refractivity contribution in [3.05, 3.63) is 11.6 Å². The van der Waals surface area contributed by atoms with E-state index in [0.29, 0.717) is 37.7 Å². The summed E-state index contributed by atoms with van der Waals surface area (Å²) in [7, 11) is 0. The molecule has 0 aromatic carbocycles. The number of hydrogen-bond acceptors (Lipinski definition) is 3. The summed E-state index contributed by atoms with van der Waals surface area (Å²) < 4.78 is 14.9. The van der Waals surface area contributed by atoms with E-state index in [2.05, 4.69) is 0 Å². The smallest absolute Gasteiger partial charge is 0.155 e. The van der Waals surface area contributed by atoms with Gasteiger partial charge in [0.2, 0.25) is 0 Å². The summed E-state index contributed by atoms with van der Waals surface area (Å²) >= 11 is 0. The largest absolute Gasteiger partial charge is 0.393 e. The van der Waals surface area contributed by atoms with Gasteiger partial charge in [-0.05, 0) is 49.2 Å². The van der Waals surface area contributed by atoms with Crippen molar-refractivity contribution in [3.8, 4) is 0 Å². The third kappa shape index (κ3) is 1.90. The predicted molar refractivity (Wildman–Crippen MR) is 83.4 cm³/mol. The maximum Gasteiger partial charge on any atom is 0.155 e. The van der Waals surface area contributed by atoms with Crippen molar-refractivity contribution in [2.45, 2.75) is 64.6 Å². The van der Waals surface area contributed by atoms with Crippen molar-refractivity contribution < 1.29 is 19.1 Å². The third-order valence-electron chi connectivity index (χ3n) is 7.58. The van der Waals surface area contributed by atoms with Gasteiger partial charge in [0.25, 0.3) is 0 Å². The Hall–Kier alpha value is -1.03. The number of aliphatic hydroxyl groups excluding tert-OH is 1. The second-order valence-electron chi connectivity index (χ2n) is 8.68. The molecule has 0 aromatic rings. The number of rotatable bonds is 0. The number of halogens is 1. The Bertz CT molecular complexity index is 612. The number of carbonyl (C=O) groups is 2. The third-order valence-corrected chi connectivity index (χ3v) is 7.58. The zero-order valence-electron chi connectivity index (χ0n) is 13.8. The first kappa shape index (κ1) is 15.5. The van der Waals surface area contributed by atoms with Crippen LogP contribution in [-0.4, -0.2) is 28.9 Å². The fourth-order valence-electron chi connectivity index (χ4n) is 6.37. The van der Waals surface area contributed by atoms with Crippen LogP contribution in [0.25, 0.3) is 0 Å². The van der Waals surface area contributed by atoms with Gasteiger partial charge in [0.05, 0.1) is 6.10 Å². The van der Waals surface area contributed by atoms with Crippen molar-refractivity contribution in [1.29, 1.82) is 0 Å². The Balaban J connectivity index is 1.79. The molecule has 0 spiro atoms. The number of hydrogen-bond donors (Lipinski definition) is 1. The highest BCUT2D eigenvalue weighted by Gasteiger charge is 2.63. The Labute approximate surface area is 136 Å². The van der Waals surface area contributed by atoms with Crippen LogP contribution in [0.15, 0.2) is 11.6 Å². The lowest BCUT2D eigenvalue weighted by Crippen LogP contribution is -2.57. The van der Waals surface area contributed by atoms with Gasteiger partial charge < -0.3 is 5.11 Å². The minimum atomic E-state index is -1.13. The number of ketones is 2. The summed E-state index contributed by atoms with van der Waals surface area (Å²) in [5.41, 5.74) is -0.340. The van der Waals surface area contributed by atoms with Gasteiger partial charge in [-0.1, -0.05) is 13.8 Å². The molecule has 1 N–H and O–H groups in total. The normalized spacial score (nSPS) is 52.5. The fourth-order valence-corrected chi connectivity index (χ4v) is 6.37. The van der Waals surface area contributed by atoms with Gasteiger partial charge in [-0.2, -0.15) is 0 Å². The average Bonchev–Trinajstić information content (AvgIpc) is 2.76. The van der Waals surface area contributed by atoms with E-state index in [1.807, 2.05) is 13.8 Å². The molecule has 23 heavy (non-hydrogen) atoms. The highest BCUT2D eigenvalue weighted by atomic mass is 19.1. The number of aliphatic hydroxyl groups is 1. The standard InChI is InChI=1S/C19H25FO3/c1-18-6-5-10(21)7-13(18)14(20)8-11-12-3-4-16(23)19(12,2)9-15(22)17(11)18/h7,11-12,14,16-17,23H,3-6,8-9H2,1-2H3/t11-,12-,14-,16-,17+,18-,19-/m0/s1. The Morgan fingerprint density at radius 2 is 2.00 bits per heavy atom. The maximum absolute atomic E-state index is 14.9. The molecule has 0 aliphatic heterocycles. The topological polar surface area (TPSA) is 54.4 Å². The van der Waals surface area contributed by atoms with E-state index in [4.69, 9.17) is 0 Å². The molecule has 0 saturated heterocycles. The second-order valence-corrected chi connectivity index (χ2v) is 8.68. The lowest BCUT2D eigenvalue weighted by molar-refractivity contribution is -0.151. The van der Waals surface area contributed by atoms with Crippen molar-refractivity contribution in [2.75, 3.05) is 0 Å². The van der Waals surface area contributed by atoms with Crippen LogP contribution >= 0.6 is 0 Å². The molecule has 3 fully saturated rings. The monoisotopic (exact) mass is 320 g/mol. The summed E-state index contributed by atoms with van der Waals surface area (Å²) in [4.78, 5) is 24.8. The maximum atomic E-state index is 14.9. The van der Waals surface area contributed by atoms with Crippen LogP contribution in [0.4, 0.5) is 4.39 Å². The predicted octanol–water partition coefficient (Wildman–Crippen LogP) is 3.01. The number of Topliss-reactive ketones (excluding diaryl/α,β-unsaturated/α-hetero) is 1. The molecule has 126 valence electrons. The minimum Gasteiger partial charge on any atom is -0.393 e. The summed E-state index contributed by atoms with van der Waals surface area (Å²) in [5, 5.41) is 10.4. The SMILES string of the molecule is C[C@]12CC(=O)[C@H]3[C@@H](C[C@H](F)C4=CC(=O)CC[C@@]43C)[C@@H]1CC[C@@H]2O. The van der Waals surface area contributed by atoms with Crippen LogP contribution in [0.1, 0.15) is 52.4 Å². The van der Waals surface area contributed by atoms with Gasteiger partial charge >= 0.3 is 0 Å². The first-order valence-corrected chi connectivity index (χ1v) is 8.87. The van der Waals surface area contributed by atoms with Crippen molar-refractivity contribution in [3.63, 3.8) is 0 Å². The molecule has 0 amide bonds. The van der Waals surface area contributed by atoms with Crippen molar-refractivity contribution >= 4 is 11.6 Å². The molecule has 3 nitrogen and oxygen atoms in total. The molecule has 4 heteroatoms. The van der Waals surface area contributed by atoms with Crippen molar-refractivity contribution in [2.24, 2.45) is 28.6 Å². The van der Waals surface area contributed by atoms with Gasteiger partial charge in [-0.3, -0.25) is 9.59 Å². The minimum absolute atomic E-state index is 0.00347. The number of allylic oxidation sites excluding steroid dienone is 1. The number of carbonyl (C=O) groups excluding carboxylic acids is 2. The van der Waals surface area contributed by atoms with Crippen LogP contribution in [0, 0.1) is 28.6 Å². The van der Waals surface area contributed by atoms with E-state index in [1.165, 1.54) is 6.08 Å². The van der Waals surface area contributed by atoms with E-state index < -0.39 is 17.7 Å². The van der Waals surface area contributed by atoms with E-state index in [9.17, 15) is 19.1 Å². The molecule has 0 heterocycles. The number of fused-ring (bicyclic) bond motifs is 5. The second kappa shape index (κ2) is 4.75. The Kier molecular flexibility index (Phi) is 3.20. The van der Waals surface area contributed by atoms with Crippen LogP contribution in [0.2, 0.25) is 0 Å². The first-order chi connectivity index (χ1) is 10.8. The Morgan fingerprint density at radius 1 is 1.26 bits per heavy atom. The quantitative estimate of drug-likeness (QED) is 0.746. The molecule has 4 rings (SSSR count). The van der Waals surface area contributed by atoms with E-state index in [1.54, 1.807) is 0 Å². The summed E-state index contributed by atoms with van der Waals surface area (Å²) in [6.07, 6.45) is 3.22. The van der Waals surface area contributed by atoms with Gasteiger partial charge in [0.1, 0.15) is 12.0 Å². The highest BCUT2D eigenvalue weighted by Crippen LogP contribution is 2.64. The molecule has 0 radical (unpaired) electrons. The lowest BCUT2D eigenvalue weighted by atomic mass is 9.46. The van der Waals surface area contributed by atoms with Crippen LogP contribution in [0.5, 0.6) is 0 Å². The Morgan fingerprint density at radius 3 is 2.74 bits per heavy atom. The highest BCUT2D eigenvalue weighted by molar-refractivity contribution is 5.93. The molecule has 3 saturated carbocycles. The van der Waals surface area contributed by atoms with Crippen LogP contribution in [0.3, 0.4) is 0 Å². The van der Waals surface area contributed by atoms with Gasteiger partial charge in [-0.15, -0.1) is 0 Å². The summed E-state index contributed by atoms with van der Waals surface area (Å²) in [5.74, 6) is 0.197. The molecule has 4 aliphatic carbocycles. The zero-order valence-corrected chi connectivity index (χ0v) is 13.8. The van der Waals surface area contributed by atoms with Gasteiger partial charge in [-0.25, -0.2) is 4.39 Å². The molecule has 0 bridgehead atoms. The van der Waals surface area contributed by atoms with E-state index in [-0.39, 0.29) is 34.7 Å². The lowest BCUT2D eigenvalue weighted by Gasteiger charge is -2.57. The fraction of sp³-hybridized carbons (Fsp3) is 0.789. The molecule has 0 unspecified atom stereocenters. The first-order valence-electron chi connectivity index (χ1n) is 8.87. The summed E-state index contributed by atoms with van der Waals surface area (Å²) in [6.45, 7) is 4.00. The zero-order chi connectivity index (χ0) is 16.6. The number of alkyl halides is 1. The van der Waals surface area contributed by atoms with E-state index >= 15 is 0 Å². The van der Waals surface area contributed by atoms with Gasteiger partial charge in [0, 0.05) is 29.6 Å². The molecule has 7 atom stereocenters. The molecular weight excluding hydrogens is 295 g/mol.